The number of nitrogens with one attached hydrogen (secondary N) is 1. The van der Waals surface area contributed by atoms with Crippen LogP contribution in [0.15, 0.2) is 18.2 Å². The molecule has 0 atom stereocenters. The van der Waals surface area contributed by atoms with E-state index in [1.807, 2.05) is 0 Å². The van der Waals surface area contributed by atoms with Crippen LogP contribution in [-0.2, 0) is 0 Å². The van der Waals surface area contributed by atoms with E-state index in [1.165, 1.54) is 6.07 Å². The molecule has 0 spiro atoms. The Bertz CT molecular complexity index is 676. The van der Waals surface area contributed by atoms with Gasteiger partial charge in [-0.1, -0.05) is 11.6 Å². The average Bonchev–Trinajstić information content (AvgIpc) is 2.32. The van der Waals surface area contributed by atoms with Crippen molar-refractivity contribution in [2.24, 2.45) is 0 Å². The minimum Gasteiger partial charge on any atom is -0.396 e. The van der Waals surface area contributed by atoms with Gasteiger partial charge in [-0.3, -0.25) is 4.79 Å². The normalized spacial score (nSPS) is 10.4. The molecule has 0 fully saturated rings. The van der Waals surface area contributed by atoms with Crippen LogP contribution in [0.4, 0.5) is 20.3 Å². The van der Waals surface area contributed by atoms with Gasteiger partial charge in [0, 0.05) is 12.1 Å². The summed E-state index contributed by atoms with van der Waals surface area (Å²) in [6.07, 6.45) is 0. The molecule has 1 heterocycles. The molecular formula is C11H6Cl2F2N4O. The van der Waals surface area contributed by atoms with Gasteiger partial charge in [0.15, 0.2) is 0 Å². The SMILES string of the molecule is Nc1cc(C(=O)Nc2cc(Cl)nc(Cl)n2)c(F)cc1F. The van der Waals surface area contributed by atoms with Gasteiger partial charge < -0.3 is 11.1 Å². The Labute approximate surface area is 121 Å². The van der Waals surface area contributed by atoms with Crippen LogP contribution >= 0.6 is 23.2 Å². The highest BCUT2D eigenvalue weighted by molar-refractivity contribution is 6.32. The fourth-order valence-electron chi connectivity index (χ4n) is 1.38. The molecule has 9 heteroatoms. The zero-order valence-electron chi connectivity index (χ0n) is 9.62. The first-order valence-electron chi connectivity index (χ1n) is 5.13. The molecular weight excluding hydrogens is 313 g/mol. The lowest BCUT2D eigenvalue weighted by atomic mass is 10.1. The summed E-state index contributed by atoms with van der Waals surface area (Å²) in [5, 5.41) is 2.06. The molecule has 3 N–H and O–H groups in total. The van der Waals surface area contributed by atoms with E-state index >= 15 is 0 Å². The number of carbonyl (C=O) groups excluding carboxylic acids is 1. The third-order valence-electron chi connectivity index (χ3n) is 2.24. The number of rotatable bonds is 2. The Morgan fingerprint density at radius 3 is 2.50 bits per heavy atom. The van der Waals surface area contributed by atoms with Gasteiger partial charge in [0.05, 0.1) is 11.3 Å². The molecule has 1 amide bonds. The number of nitrogens with two attached hydrogens (primary N) is 1. The van der Waals surface area contributed by atoms with Crippen LogP contribution in [0.5, 0.6) is 0 Å². The Morgan fingerprint density at radius 1 is 1.15 bits per heavy atom. The van der Waals surface area contributed by atoms with Gasteiger partial charge >= 0.3 is 0 Å². The quantitative estimate of drug-likeness (QED) is 0.507. The number of halogens is 4. The second-order valence-corrected chi connectivity index (χ2v) is 4.38. The van der Waals surface area contributed by atoms with Crippen LogP contribution in [0.3, 0.4) is 0 Å². The number of carbonyl (C=O) groups is 1. The molecule has 0 bridgehead atoms. The molecule has 104 valence electrons. The van der Waals surface area contributed by atoms with Crippen LogP contribution in [0.1, 0.15) is 10.4 Å². The van der Waals surface area contributed by atoms with Crippen molar-refractivity contribution in [2.45, 2.75) is 0 Å². The standard InChI is InChI=1S/C11H6Cl2F2N4O/c12-8-3-9(19-11(13)17-8)18-10(20)4-1-7(16)6(15)2-5(4)14/h1-3H,16H2,(H,17,18,19,20). The minimum absolute atomic E-state index is 0.000563. The summed E-state index contributed by atoms with van der Waals surface area (Å²) in [5.41, 5.74) is 4.49. The summed E-state index contributed by atoms with van der Waals surface area (Å²) in [7, 11) is 0. The lowest BCUT2D eigenvalue weighted by molar-refractivity contribution is 0.102. The third kappa shape index (κ3) is 3.12. The number of nitrogens with zero attached hydrogens (tertiary/aromatic N) is 2. The molecule has 0 unspecified atom stereocenters. The zero-order chi connectivity index (χ0) is 14.9. The third-order valence-corrected chi connectivity index (χ3v) is 2.60. The molecule has 1 aromatic heterocycles. The Morgan fingerprint density at radius 2 is 1.85 bits per heavy atom. The first-order valence-corrected chi connectivity index (χ1v) is 5.88. The van der Waals surface area contributed by atoms with Crippen LogP contribution in [0.2, 0.25) is 10.4 Å². The highest BCUT2D eigenvalue weighted by Gasteiger charge is 2.16. The van der Waals surface area contributed by atoms with Gasteiger partial charge in [-0.2, -0.15) is 0 Å². The lowest BCUT2D eigenvalue weighted by Crippen LogP contribution is -2.16. The molecule has 5 nitrogen and oxygen atoms in total. The van der Waals surface area contributed by atoms with E-state index in [-0.39, 0.29) is 21.9 Å². The van der Waals surface area contributed by atoms with E-state index in [0.717, 1.165) is 6.07 Å². The Kier molecular flexibility index (Phi) is 4.01. The first kappa shape index (κ1) is 14.4. The minimum atomic E-state index is -1.06. The van der Waals surface area contributed by atoms with E-state index in [4.69, 9.17) is 28.9 Å². The first-order chi connectivity index (χ1) is 9.36. The van der Waals surface area contributed by atoms with Gasteiger partial charge in [0.1, 0.15) is 22.6 Å². The average molecular weight is 319 g/mol. The second kappa shape index (κ2) is 5.56. The molecule has 20 heavy (non-hydrogen) atoms. The van der Waals surface area contributed by atoms with E-state index in [9.17, 15) is 13.6 Å². The predicted octanol–water partition coefficient (Wildman–Crippen LogP) is 2.90. The van der Waals surface area contributed by atoms with Crippen molar-refractivity contribution in [3.63, 3.8) is 0 Å². The van der Waals surface area contributed by atoms with Crippen molar-refractivity contribution in [1.29, 1.82) is 0 Å². The number of hydrogen-bond acceptors (Lipinski definition) is 4. The van der Waals surface area contributed by atoms with Crippen LogP contribution in [0, 0.1) is 11.6 Å². The largest absolute Gasteiger partial charge is 0.396 e. The number of hydrogen-bond donors (Lipinski definition) is 2. The number of anilines is 2. The van der Waals surface area contributed by atoms with Crippen molar-refractivity contribution in [3.8, 4) is 0 Å². The summed E-state index contributed by atoms with van der Waals surface area (Å²) < 4.78 is 26.5. The number of nitrogen functional groups attached to an aromatic ring is 1. The van der Waals surface area contributed by atoms with Crippen molar-refractivity contribution in [2.75, 3.05) is 11.1 Å². The van der Waals surface area contributed by atoms with E-state index in [2.05, 4.69) is 15.3 Å². The summed E-state index contributed by atoms with van der Waals surface area (Å²) in [6.45, 7) is 0. The molecule has 0 saturated heterocycles. The highest BCUT2D eigenvalue weighted by Crippen LogP contribution is 2.19. The molecule has 0 aliphatic heterocycles. The monoisotopic (exact) mass is 318 g/mol. The summed E-state index contributed by atoms with van der Waals surface area (Å²) in [4.78, 5) is 19.1. The zero-order valence-corrected chi connectivity index (χ0v) is 11.1. The maximum Gasteiger partial charge on any atom is 0.259 e. The van der Waals surface area contributed by atoms with Crippen molar-refractivity contribution in [1.82, 2.24) is 9.97 Å². The molecule has 1 aromatic carbocycles. The predicted molar refractivity (Wildman–Crippen MR) is 70.8 cm³/mol. The van der Waals surface area contributed by atoms with Crippen LogP contribution < -0.4 is 11.1 Å². The van der Waals surface area contributed by atoms with Crippen molar-refractivity contribution >= 4 is 40.6 Å². The highest BCUT2D eigenvalue weighted by atomic mass is 35.5. The number of aromatic nitrogens is 2. The maximum absolute atomic E-state index is 13.5. The van der Waals surface area contributed by atoms with Crippen LogP contribution in [-0.4, -0.2) is 15.9 Å². The maximum atomic E-state index is 13.5. The van der Waals surface area contributed by atoms with Gasteiger partial charge in [-0.15, -0.1) is 0 Å². The van der Waals surface area contributed by atoms with E-state index < -0.39 is 23.1 Å². The second-order valence-electron chi connectivity index (χ2n) is 3.65. The summed E-state index contributed by atoms with van der Waals surface area (Å²) in [6, 6.07) is 2.62. The topological polar surface area (TPSA) is 80.9 Å². The van der Waals surface area contributed by atoms with Gasteiger partial charge in [-0.25, -0.2) is 18.7 Å². The molecule has 2 rings (SSSR count). The van der Waals surface area contributed by atoms with Crippen molar-refractivity contribution in [3.05, 3.63) is 45.8 Å². The molecule has 2 aromatic rings. The number of amides is 1. The van der Waals surface area contributed by atoms with Gasteiger partial charge in [0.2, 0.25) is 5.28 Å². The fourth-order valence-corrected chi connectivity index (χ4v) is 1.79. The number of benzene rings is 1. The Balaban J connectivity index is 2.30. The summed E-state index contributed by atoms with van der Waals surface area (Å²) in [5.74, 6) is -2.91. The van der Waals surface area contributed by atoms with E-state index in [0.29, 0.717) is 6.07 Å². The van der Waals surface area contributed by atoms with Gasteiger partial charge in [-0.05, 0) is 17.7 Å². The van der Waals surface area contributed by atoms with Crippen LogP contribution in [0.25, 0.3) is 0 Å². The van der Waals surface area contributed by atoms with Crippen molar-refractivity contribution < 1.29 is 13.6 Å². The molecule has 0 aliphatic rings. The molecule has 0 aliphatic carbocycles. The smallest absolute Gasteiger partial charge is 0.259 e. The Hall–Kier alpha value is -1.99. The lowest BCUT2D eigenvalue weighted by Gasteiger charge is -2.07. The summed E-state index contributed by atoms with van der Waals surface area (Å²) >= 11 is 11.2. The molecule has 0 radical (unpaired) electrons. The van der Waals surface area contributed by atoms with E-state index in [1.54, 1.807) is 0 Å². The fraction of sp³-hybridized carbons (Fsp3) is 0. The molecule has 0 saturated carbocycles. The van der Waals surface area contributed by atoms with Gasteiger partial charge in [0.25, 0.3) is 5.91 Å².